The third-order valence-corrected chi connectivity index (χ3v) is 5.31. The number of halogens is 3. The van der Waals surface area contributed by atoms with Gasteiger partial charge >= 0.3 is 0 Å². The predicted molar refractivity (Wildman–Crippen MR) is 108 cm³/mol. The summed E-state index contributed by atoms with van der Waals surface area (Å²) in [5.74, 6) is 0.386. The van der Waals surface area contributed by atoms with Crippen molar-refractivity contribution in [2.24, 2.45) is 0 Å². The third kappa shape index (κ3) is 4.59. The minimum Gasteiger partial charge on any atom is -0.411 e. The molecule has 3 aromatic rings. The Hall–Kier alpha value is -1.54. The van der Waals surface area contributed by atoms with E-state index in [1.54, 1.807) is 43.4 Å². The molecule has 1 aromatic heterocycles. The largest absolute Gasteiger partial charge is 0.411 e. The number of amides is 1. The van der Waals surface area contributed by atoms with Crippen LogP contribution in [0.2, 0.25) is 10.0 Å². The molecule has 0 aliphatic heterocycles. The molecular formula is C17H12BrCl2N3O2S. The lowest BCUT2D eigenvalue weighted by Gasteiger charge is -2.18. The summed E-state index contributed by atoms with van der Waals surface area (Å²) in [7, 11) is 1.67. The van der Waals surface area contributed by atoms with E-state index in [1.165, 1.54) is 16.7 Å². The topological polar surface area (TPSA) is 59.2 Å². The van der Waals surface area contributed by atoms with Crippen LogP contribution in [0.1, 0.15) is 0 Å². The summed E-state index contributed by atoms with van der Waals surface area (Å²) >= 11 is 16.6. The Kier molecular flexibility index (Phi) is 6.24. The fourth-order valence-electron chi connectivity index (χ4n) is 2.09. The highest BCUT2D eigenvalue weighted by molar-refractivity contribution is 9.10. The van der Waals surface area contributed by atoms with Gasteiger partial charge in [-0.1, -0.05) is 50.9 Å². The number of carbonyl (C=O) groups excluding carboxylic acids is 1. The summed E-state index contributed by atoms with van der Waals surface area (Å²) in [5, 5.41) is 9.38. The van der Waals surface area contributed by atoms with Crippen molar-refractivity contribution < 1.29 is 9.21 Å². The molecule has 0 atom stereocenters. The van der Waals surface area contributed by atoms with E-state index in [1.807, 2.05) is 6.07 Å². The molecule has 1 amide bonds. The Balaban J connectivity index is 1.63. The number of carbonyl (C=O) groups is 1. The predicted octanol–water partition coefficient (Wildman–Crippen LogP) is 5.56. The van der Waals surface area contributed by atoms with Gasteiger partial charge in [-0.3, -0.25) is 4.79 Å². The monoisotopic (exact) mass is 471 g/mol. The van der Waals surface area contributed by atoms with Gasteiger partial charge in [-0.05, 0) is 42.5 Å². The van der Waals surface area contributed by atoms with E-state index >= 15 is 0 Å². The zero-order chi connectivity index (χ0) is 18.7. The summed E-state index contributed by atoms with van der Waals surface area (Å²) in [5.41, 5.74) is 1.40. The molecule has 0 N–H and O–H groups in total. The molecule has 9 heteroatoms. The van der Waals surface area contributed by atoms with Crippen molar-refractivity contribution in [1.82, 2.24) is 10.2 Å². The number of anilines is 1. The first-order valence-corrected chi connectivity index (χ1v) is 9.91. The molecule has 0 radical (unpaired) electrons. The number of thioether (sulfide) groups is 1. The van der Waals surface area contributed by atoms with Crippen LogP contribution in [0.5, 0.6) is 0 Å². The highest BCUT2D eigenvalue weighted by atomic mass is 79.9. The first-order valence-electron chi connectivity index (χ1n) is 7.38. The van der Waals surface area contributed by atoms with Crippen molar-refractivity contribution in [1.29, 1.82) is 0 Å². The maximum absolute atomic E-state index is 12.4. The van der Waals surface area contributed by atoms with Crippen LogP contribution in [0.25, 0.3) is 11.5 Å². The zero-order valence-corrected chi connectivity index (χ0v) is 17.4. The lowest BCUT2D eigenvalue weighted by atomic mass is 10.2. The molecule has 0 fully saturated rings. The van der Waals surface area contributed by atoms with E-state index in [2.05, 4.69) is 26.1 Å². The number of hydrogen-bond donors (Lipinski definition) is 0. The van der Waals surface area contributed by atoms with Gasteiger partial charge in [-0.25, -0.2) is 0 Å². The molecule has 0 bridgehead atoms. The third-order valence-electron chi connectivity index (χ3n) is 3.46. The minimum atomic E-state index is -0.134. The fraction of sp³-hybridized carbons (Fsp3) is 0.118. The van der Waals surface area contributed by atoms with Gasteiger partial charge in [0.25, 0.3) is 5.22 Å². The smallest absolute Gasteiger partial charge is 0.277 e. The summed E-state index contributed by atoms with van der Waals surface area (Å²) in [6, 6.07) is 12.4. The van der Waals surface area contributed by atoms with Crippen LogP contribution in [-0.4, -0.2) is 28.9 Å². The van der Waals surface area contributed by atoms with Gasteiger partial charge in [0.2, 0.25) is 11.8 Å². The van der Waals surface area contributed by atoms with E-state index < -0.39 is 0 Å². The van der Waals surface area contributed by atoms with E-state index in [0.717, 1.165) is 10.0 Å². The normalized spacial score (nSPS) is 10.8. The minimum absolute atomic E-state index is 0.134. The van der Waals surface area contributed by atoms with Crippen LogP contribution in [0.3, 0.4) is 0 Å². The van der Waals surface area contributed by atoms with Crippen LogP contribution in [0, 0.1) is 0 Å². The number of hydrogen-bond acceptors (Lipinski definition) is 5. The van der Waals surface area contributed by atoms with Gasteiger partial charge in [0, 0.05) is 22.1 Å². The molecule has 0 spiro atoms. The van der Waals surface area contributed by atoms with Gasteiger partial charge < -0.3 is 9.32 Å². The molecule has 3 rings (SSSR count). The SMILES string of the molecule is CN(C(=O)CSc1nnc(-c2ccc(Cl)cc2)o1)c1ccc(Br)cc1Cl. The molecule has 0 aliphatic carbocycles. The second-order valence-electron chi connectivity index (χ2n) is 5.22. The highest BCUT2D eigenvalue weighted by Gasteiger charge is 2.17. The lowest BCUT2D eigenvalue weighted by molar-refractivity contribution is -0.115. The van der Waals surface area contributed by atoms with Crippen molar-refractivity contribution in [3.8, 4) is 11.5 Å². The molecule has 0 saturated heterocycles. The summed E-state index contributed by atoms with van der Waals surface area (Å²) in [4.78, 5) is 13.9. The number of rotatable bonds is 5. The van der Waals surface area contributed by atoms with E-state index in [9.17, 15) is 4.79 Å². The van der Waals surface area contributed by atoms with Gasteiger partial charge in [-0.2, -0.15) is 0 Å². The Bertz CT molecular complexity index is 934. The molecular weight excluding hydrogens is 461 g/mol. The summed E-state index contributed by atoms with van der Waals surface area (Å²) in [6.07, 6.45) is 0. The zero-order valence-electron chi connectivity index (χ0n) is 13.4. The van der Waals surface area contributed by atoms with Gasteiger partial charge in [0.05, 0.1) is 16.5 Å². The van der Waals surface area contributed by atoms with Gasteiger partial charge in [0.1, 0.15) is 0 Å². The van der Waals surface area contributed by atoms with Crippen LogP contribution >= 0.6 is 50.9 Å². The molecule has 1 heterocycles. The molecule has 2 aromatic carbocycles. The maximum atomic E-state index is 12.4. The van der Waals surface area contributed by atoms with Crippen LogP contribution in [-0.2, 0) is 4.79 Å². The van der Waals surface area contributed by atoms with Crippen molar-refractivity contribution in [2.75, 3.05) is 17.7 Å². The van der Waals surface area contributed by atoms with E-state index in [4.69, 9.17) is 27.6 Å². The second-order valence-corrected chi connectivity index (χ2v) is 7.90. The highest BCUT2D eigenvalue weighted by Crippen LogP contribution is 2.29. The van der Waals surface area contributed by atoms with Crippen LogP contribution in [0.4, 0.5) is 5.69 Å². The maximum Gasteiger partial charge on any atom is 0.277 e. The molecule has 134 valence electrons. The average molecular weight is 473 g/mol. The van der Waals surface area contributed by atoms with Crippen LogP contribution in [0.15, 0.2) is 56.6 Å². The fourth-order valence-corrected chi connectivity index (χ4v) is 3.69. The first kappa shape index (κ1) is 19.2. The first-order chi connectivity index (χ1) is 12.4. The molecule has 0 unspecified atom stereocenters. The standard InChI is InChI=1S/C17H12BrCl2N3O2S/c1-23(14-7-4-11(18)8-13(14)20)15(24)9-26-17-22-21-16(25-17)10-2-5-12(19)6-3-10/h2-8H,9H2,1H3. The Morgan fingerprint density at radius 1 is 1.19 bits per heavy atom. The van der Waals surface area contributed by atoms with Crippen molar-refractivity contribution in [3.63, 3.8) is 0 Å². The quantitative estimate of drug-likeness (QED) is 0.455. The molecule has 0 aliphatic rings. The number of benzene rings is 2. The Morgan fingerprint density at radius 2 is 1.92 bits per heavy atom. The van der Waals surface area contributed by atoms with Crippen molar-refractivity contribution in [3.05, 3.63) is 57.0 Å². The number of aromatic nitrogens is 2. The summed E-state index contributed by atoms with van der Waals surface area (Å²) < 4.78 is 6.43. The van der Waals surface area contributed by atoms with Gasteiger partial charge in [0.15, 0.2) is 0 Å². The van der Waals surface area contributed by atoms with Crippen molar-refractivity contribution in [2.45, 2.75) is 5.22 Å². The average Bonchev–Trinajstić information content (AvgIpc) is 3.09. The molecule has 5 nitrogen and oxygen atoms in total. The lowest BCUT2D eigenvalue weighted by Crippen LogP contribution is -2.28. The van der Waals surface area contributed by atoms with Crippen LogP contribution < -0.4 is 4.90 Å². The molecule has 0 saturated carbocycles. The number of nitrogens with zero attached hydrogens (tertiary/aromatic N) is 3. The summed E-state index contributed by atoms with van der Waals surface area (Å²) in [6.45, 7) is 0. The van der Waals surface area contributed by atoms with E-state index in [0.29, 0.717) is 26.8 Å². The van der Waals surface area contributed by atoms with Gasteiger partial charge in [-0.15, -0.1) is 10.2 Å². The van der Waals surface area contributed by atoms with Crippen molar-refractivity contribution >= 4 is 62.5 Å². The Labute approximate surface area is 172 Å². The van der Waals surface area contributed by atoms with E-state index in [-0.39, 0.29) is 11.7 Å². The molecule has 26 heavy (non-hydrogen) atoms. The Morgan fingerprint density at radius 3 is 2.62 bits per heavy atom. The second kappa shape index (κ2) is 8.43.